The van der Waals surface area contributed by atoms with Gasteiger partial charge in [-0.25, -0.2) is 0 Å². The number of nitrogens with one attached hydrogen (secondary N) is 3. The van der Waals surface area contributed by atoms with Crippen molar-refractivity contribution < 1.29 is 23.9 Å². The van der Waals surface area contributed by atoms with Crippen molar-refractivity contribution in [2.24, 2.45) is 17.8 Å². The summed E-state index contributed by atoms with van der Waals surface area (Å²) in [7, 11) is 1.56. The van der Waals surface area contributed by atoms with Crippen molar-refractivity contribution in [1.82, 2.24) is 25.4 Å². The van der Waals surface area contributed by atoms with Crippen LogP contribution in [0.3, 0.4) is 0 Å². The molecule has 0 spiro atoms. The van der Waals surface area contributed by atoms with Crippen molar-refractivity contribution in [1.29, 1.82) is 0 Å². The van der Waals surface area contributed by atoms with Crippen molar-refractivity contribution >= 4 is 46.1 Å². The molecule has 6 rings (SSSR count). The number of H-pyrrole nitrogens is 1. The molecular weight excluding hydrogens is 654 g/mol. The molecule has 262 valence electrons. The Morgan fingerprint density at radius 2 is 1.76 bits per heavy atom. The summed E-state index contributed by atoms with van der Waals surface area (Å²) >= 11 is 6.18. The smallest absolute Gasteiger partial charge is 0.254 e. The number of carbonyl (C=O) groups excluding carboxylic acids is 4. The number of nitrogens with zero attached hydrogens (tertiary/aromatic N) is 2. The fourth-order valence-corrected chi connectivity index (χ4v) is 7.62. The van der Waals surface area contributed by atoms with Crippen LogP contribution in [0.15, 0.2) is 79.0 Å². The summed E-state index contributed by atoms with van der Waals surface area (Å²) in [4.78, 5) is 61.6. The maximum Gasteiger partial charge on any atom is 0.254 e. The Balaban J connectivity index is 1.21. The van der Waals surface area contributed by atoms with Gasteiger partial charge >= 0.3 is 0 Å². The van der Waals surface area contributed by atoms with Gasteiger partial charge in [-0.15, -0.1) is 0 Å². The molecule has 0 aliphatic carbocycles. The van der Waals surface area contributed by atoms with Gasteiger partial charge in [-0.2, -0.15) is 0 Å². The minimum absolute atomic E-state index is 0.1000. The van der Waals surface area contributed by atoms with E-state index in [1.165, 1.54) is 5.56 Å². The van der Waals surface area contributed by atoms with Crippen LogP contribution >= 0.6 is 11.6 Å². The van der Waals surface area contributed by atoms with Crippen LogP contribution in [0.2, 0.25) is 5.02 Å². The second-order valence-electron chi connectivity index (χ2n) is 13.2. The van der Waals surface area contributed by atoms with Crippen LogP contribution in [0, 0.1) is 17.8 Å². The Hall–Kier alpha value is -4.83. The SMILES string of the molecule is CCOc1cccc(C(=O)N2CC3CN(C(=O)Cc4c[nH]c5cc(Cl)ccc45)CC(C(=O)N[C@@H](CCCc4ccccc4)C(=O)NC)C3C2)c1. The summed E-state index contributed by atoms with van der Waals surface area (Å²) in [5.41, 5.74) is 3.38. The highest BCUT2D eigenvalue weighted by Gasteiger charge is 2.48. The Morgan fingerprint density at radius 1 is 0.960 bits per heavy atom. The van der Waals surface area contributed by atoms with E-state index in [1.807, 2.05) is 61.7 Å². The monoisotopic (exact) mass is 697 g/mol. The molecule has 2 aliphatic rings. The standard InChI is InChI=1S/C39H44ClN5O5/c1-3-50-30-13-8-12-26(17-30)39(49)45-22-28-21-44(36(46)18-27-20-42-35-19-29(40)15-16-31(27)35)24-33(32(28)23-45)37(47)43-34(38(48)41-2)14-7-11-25-9-5-4-6-10-25/h4-6,8-10,12-13,15-17,19-20,28,32-34,42H,3,7,11,14,18,21-24H2,1-2H3,(H,41,48)(H,43,47)/t28?,32?,33?,34-/m0/s1. The maximum absolute atomic E-state index is 14.2. The molecule has 3 N–H and O–H groups in total. The molecule has 11 heteroatoms. The Labute approximate surface area is 297 Å². The summed E-state index contributed by atoms with van der Waals surface area (Å²) in [6.07, 6.45) is 3.94. The third-order valence-electron chi connectivity index (χ3n) is 10.0. The number of aromatic amines is 1. The number of hydrogen-bond donors (Lipinski definition) is 3. The molecule has 3 aromatic carbocycles. The van der Waals surface area contributed by atoms with Crippen molar-refractivity contribution in [3.63, 3.8) is 0 Å². The molecule has 2 fully saturated rings. The van der Waals surface area contributed by atoms with Crippen LogP contribution in [-0.4, -0.2) is 84.3 Å². The first-order valence-corrected chi connectivity index (χ1v) is 17.7. The first-order chi connectivity index (χ1) is 24.2. The van der Waals surface area contributed by atoms with E-state index in [0.29, 0.717) is 55.4 Å². The van der Waals surface area contributed by atoms with Crippen molar-refractivity contribution in [2.45, 2.75) is 38.6 Å². The van der Waals surface area contributed by atoms with Crippen molar-refractivity contribution in [3.8, 4) is 5.75 Å². The first-order valence-electron chi connectivity index (χ1n) is 17.3. The summed E-state index contributed by atoms with van der Waals surface area (Å²) in [6.45, 7) is 3.81. The molecule has 3 heterocycles. The van der Waals surface area contributed by atoms with Crippen LogP contribution in [0.25, 0.3) is 10.9 Å². The van der Waals surface area contributed by atoms with E-state index in [1.54, 1.807) is 41.1 Å². The van der Waals surface area contributed by atoms with Gasteiger partial charge in [-0.3, -0.25) is 19.2 Å². The molecule has 4 amide bonds. The topological polar surface area (TPSA) is 124 Å². The lowest BCUT2D eigenvalue weighted by Crippen LogP contribution is -2.56. The van der Waals surface area contributed by atoms with E-state index in [0.717, 1.165) is 22.9 Å². The highest BCUT2D eigenvalue weighted by Crippen LogP contribution is 2.37. The summed E-state index contributed by atoms with van der Waals surface area (Å²) in [6, 6.07) is 22.0. The fraction of sp³-hybridized carbons (Fsp3) is 0.385. The highest BCUT2D eigenvalue weighted by atomic mass is 35.5. The second-order valence-corrected chi connectivity index (χ2v) is 13.7. The number of likely N-dealkylation sites (N-methyl/N-ethyl adjacent to an activating group) is 1. The third kappa shape index (κ3) is 7.97. The Bertz CT molecular complexity index is 1840. The van der Waals surface area contributed by atoms with Crippen LogP contribution in [0.1, 0.15) is 41.3 Å². The minimum atomic E-state index is -0.723. The number of rotatable bonds is 12. The predicted molar refractivity (Wildman–Crippen MR) is 193 cm³/mol. The molecule has 1 aromatic heterocycles. The normalized spacial score (nSPS) is 19.1. The van der Waals surface area contributed by atoms with E-state index in [2.05, 4.69) is 15.6 Å². The van der Waals surface area contributed by atoms with E-state index < -0.39 is 12.0 Å². The number of aromatic nitrogens is 1. The number of amides is 4. The number of carbonyl (C=O) groups is 4. The van der Waals surface area contributed by atoms with Gasteiger partial charge in [0.15, 0.2) is 0 Å². The number of fused-ring (bicyclic) bond motifs is 2. The minimum Gasteiger partial charge on any atom is -0.494 e. The number of aryl methyl sites for hydroxylation is 1. The average Bonchev–Trinajstić information content (AvgIpc) is 3.74. The van der Waals surface area contributed by atoms with Gasteiger partial charge in [0.25, 0.3) is 5.91 Å². The lowest BCUT2D eigenvalue weighted by Gasteiger charge is -2.40. The Morgan fingerprint density at radius 3 is 2.54 bits per heavy atom. The molecule has 3 unspecified atom stereocenters. The zero-order valence-electron chi connectivity index (χ0n) is 28.5. The van der Waals surface area contributed by atoms with E-state index in [9.17, 15) is 19.2 Å². The number of piperidine rings is 1. The first kappa shape index (κ1) is 35.0. The predicted octanol–water partition coefficient (Wildman–Crippen LogP) is 4.86. The van der Waals surface area contributed by atoms with E-state index >= 15 is 0 Å². The number of benzene rings is 3. The van der Waals surface area contributed by atoms with Gasteiger partial charge < -0.3 is 30.2 Å². The molecule has 0 bridgehead atoms. The van der Waals surface area contributed by atoms with Gasteiger partial charge in [0.2, 0.25) is 17.7 Å². The van der Waals surface area contributed by atoms with Crippen LogP contribution < -0.4 is 15.4 Å². The molecular formula is C39H44ClN5O5. The lowest BCUT2D eigenvalue weighted by molar-refractivity contribution is -0.140. The van der Waals surface area contributed by atoms with Gasteiger partial charge in [0.1, 0.15) is 11.8 Å². The van der Waals surface area contributed by atoms with E-state index in [-0.39, 0.29) is 48.4 Å². The molecule has 50 heavy (non-hydrogen) atoms. The van der Waals surface area contributed by atoms with E-state index in [4.69, 9.17) is 16.3 Å². The zero-order chi connectivity index (χ0) is 35.2. The summed E-state index contributed by atoms with van der Waals surface area (Å²) in [5, 5.41) is 7.27. The molecule has 4 atom stereocenters. The lowest BCUT2D eigenvalue weighted by atomic mass is 9.79. The van der Waals surface area contributed by atoms with Crippen LogP contribution in [-0.2, 0) is 27.2 Å². The second kappa shape index (κ2) is 15.8. The highest BCUT2D eigenvalue weighted by molar-refractivity contribution is 6.31. The molecule has 2 saturated heterocycles. The van der Waals surface area contributed by atoms with Crippen LogP contribution in [0.4, 0.5) is 0 Å². The number of ether oxygens (including phenoxy) is 1. The van der Waals surface area contributed by atoms with Gasteiger partial charge in [-0.1, -0.05) is 54.1 Å². The van der Waals surface area contributed by atoms with Crippen molar-refractivity contribution in [2.75, 3.05) is 39.8 Å². The summed E-state index contributed by atoms with van der Waals surface area (Å²) in [5.74, 6) is -1.05. The molecule has 2 aliphatic heterocycles. The number of likely N-dealkylation sites (tertiary alicyclic amines) is 2. The fourth-order valence-electron chi connectivity index (χ4n) is 7.45. The van der Waals surface area contributed by atoms with Crippen molar-refractivity contribution in [3.05, 3.63) is 101 Å². The van der Waals surface area contributed by atoms with Crippen LogP contribution in [0.5, 0.6) is 5.75 Å². The maximum atomic E-state index is 14.2. The zero-order valence-corrected chi connectivity index (χ0v) is 29.2. The number of halogens is 1. The molecule has 0 radical (unpaired) electrons. The largest absolute Gasteiger partial charge is 0.494 e. The number of hydrogen-bond acceptors (Lipinski definition) is 5. The quantitative estimate of drug-likeness (QED) is 0.195. The molecule has 10 nitrogen and oxygen atoms in total. The van der Waals surface area contributed by atoms with Gasteiger partial charge in [0, 0.05) is 60.9 Å². The molecule has 4 aromatic rings. The summed E-state index contributed by atoms with van der Waals surface area (Å²) < 4.78 is 5.63. The molecule has 0 saturated carbocycles. The van der Waals surface area contributed by atoms with Gasteiger partial charge in [-0.05, 0) is 79.5 Å². The third-order valence-corrected chi connectivity index (χ3v) is 10.2. The Kier molecular flexibility index (Phi) is 11.1. The average molecular weight is 698 g/mol. The van der Waals surface area contributed by atoms with Gasteiger partial charge in [0.05, 0.1) is 18.9 Å².